The van der Waals surface area contributed by atoms with Crippen molar-refractivity contribution < 1.29 is 9.53 Å². The zero-order valence-electron chi connectivity index (χ0n) is 11.1. The van der Waals surface area contributed by atoms with Crippen molar-refractivity contribution in [3.8, 4) is 0 Å². The van der Waals surface area contributed by atoms with E-state index in [1.54, 1.807) is 0 Å². The number of urea groups is 1. The fourth-order valence-electron chi connectivity index (χ4n) is 2.73. The number of likely N-dealkylation sites (N-methyl/N-ethyl adjacent to an activating group) is 1. The van der Waals surface area contributed by atoms with Gasteiger partial charge in [0.05, 0.1) is 13.2 Å². The molecule has 98 valence electrons. The fourth-order valence-corrected chi connectivity index (χ4v) is 2.73. The Kier molecular flexibility index (Phi) is 3.89. The monoisotopic (exact) mass is 241 g/mol. The second kappa shape index (κ2) is 5.23. The molecule has 5 heteroatoms. The van der Waals surface area contributed by atoms with Crippen LogP contribution in [-0.2, 0) is 4.74 Å². The van der Waals surface area contributed by atoms with E-state index in [9.17, 15) is 4.79 Å². The minimum absolute atomic E-state index is 0.185. The molecule has 2 rings (SSSR count). The SMILES string of the molecule is CC1CN(C(=O)N2CCOCC2)CC1N(C)C. The molecule has 0 aromatic carbocycles. The second-order valence-corrected chi connectivity index (χ2v) is 5.30. The molecule has 2 aliphatic heterocycles. The molecule has 2 saturated heterocycles. The van der Waals surface area contributed by atoms with Gasteiger partial charge in [-0.05, 0) is 20.0 Å². The summed E-state index contributed by atoms with van der Waals surface area (Å²) < 4.78 is 5.27. The predicted octanol–water partition coefficient (Wildman–Crippen LogP) is 0.321. The molecule has 2 fully saturated rings. The molecule has 0 aliphatic carbocycles. The standard InChI is InChI=1S/C12H23N3O2/c1-10-8-15(9-11(10)13(2)3)12(16)14-4-6-17-7-5-14/h10-11H,4-9H2,1-3H3. The van der Waals surface area contributed by atoms with Gasteiger partial charge in [0.25, 0.3) is 0 Å². The Labute approximate surface area is 103 Å². The van der Waals surface area contributed by atoms with Gasteiger partial charge in [-0.1, -0.05) is 6.92 Å². The van der Waals surface area contributed by atoms with Crippen molar-refractivity contribution in [1.29, 1.82) is 0 Å². The zero-order chi connectivity index (χ0) is 12.4. The van der Waals surface area contributed by atoms with Gasteiger partial charge in [0.2, 0.25) is 0 Å². The van der Waals surface area contributed by atoms with Gasteiger partial charge in [0, 0.05) is 32.2 Å². The first-order chi connectivity index (χ1) is 8.09. The lowest BCUT2D eigenvalue weighted by Gasteiger charge is -2.31. The molecule has 0 bridgehead atoms. The number of morpholine rings is 1. The summed E-state index contributed by atoms with van der Waals surface area (Å²) in [6.07, 6.45) is 0. The van der Waals surface area contributed by atoms with E-state index in [0.717, 1.165) is 26.2 Å². The lowest BCUT2D eigenvalue weighted by molar-refractivity contribution is 0.0446. The van der Waals surface area contributed by atoms with Crippen LogP contribution in [0.15, 0.2) is 0 Å². The van der Waals surface area contributed by atoms with Gasteiger partial charge in [-0.3, -0.25) is 0 Å². The molecular weight excluding hydrogens is 218 g/mol. The van der Waals surface area contributed by atoms with E-state index in [4.69, 9.17) is 4.74 Å². The van der Waals surface area contributed by atoms with Crippen molar-refractivity contribution in [1.82, 2.24) is 14.7 Å². The van der Waals surface area contributed by atoms with E-state index in [1.165, 1.54) is 0 Å². The molecule has 2 unspecified atom stereocenters. The molecule has 0 saturated carbocycles. The zero-order valence-corrected chi connectivity index (χ0v) is 11.1. The highest BCUT2D eigenvalue weighted by atomic mass is 16.5. The van der Waals surface area contributed by atoms with Gasteiger partial charge in [0.1, 0.15) is 0 Å². The van der Waals surface area contributed by atoms with Crippen LogP contribution in [0.2, 0.25) is 0 Å². The highest BCUT2D eigenvalue weighted by molar-refractivity contribution is 5.75. The van der Waals surface area contributed by atoms with Crippen molar-refractivity contribution in [2.75, 3.05) is 53.5 Å². The molecule has 0 spiro atoms. The minimum Gasteiger partial charge on any atom is -0.378 e. The van der Waals surface area contributed by atoms with Crippen molar-refractivity contribution in [2.24, 2.45) is 5.92 Å². The summed E-state index contributed by atoms with van der Waals surface area (Å²) in [6.45, 7) is 6.76. The summed E-state index contributed by atoms with van der Waals surface area (Å²) in [5, 5.41) is 0. The first-order valence-corrected chi connectivity index (χ1v) is 6.37. The third kappa shape index (κ3) is 2.72. The van der Waals surface area contributed by atoms with Gasteiger partial charge < -0.3 is 19.4 Å². The molecule has 17 heavy (non-hydrogen) atoms. The normalized spacial score (nSPS) is 30.1. The van der Waals surface area contributed by atoms with Crippen molar-refractivity contribution >= 4 is 6.03 Å². The molecule has 2 atom stereocenters. The van der Waals surface area contributed by atoms with Crippen LogP contribution >= 0.6 is 0 Å². The molecule has 2 aliphatic rings. The van der Waals surface area contributed by atoms with E-state index in [-0.39, 0.29) is 6.03 Å². The number of rotatable bonds is 1. The number of amides is 2. The van der Waals surface area contributed by atoms with Crippen molar-refractivity contribution in [2.45, 2.75) is 13.0 Å². The largest absolute Gasteiger partial charge is 0.378 e. The van der Waals surface area contributed by atoms with Crippen molar-refractivity contribution in [3.05, 3.63) is 0 Å². The second-order valence-electron chi connectivity index (χ2n) is 5.30. The molecule has 5 nitrogen and oxygen atoms in total. The van der Waals surface area contributed by atoms with Crippen LogP contribution in [0.3, 0.4) is 0 Å². The number of ether oxygens (including phenoxy) is 1. The molecule has 0 N–H and O–H groups in total. The Morgan fingerprint density at radius 2 is 1.82 bits per heavy atom. The molecule has 2 heterocycles. The lowest BCUT2D eigenvalue weighted by atomic mass is 10.1. The number of carbonyl (C=O) groups excluding carboxylic acids is 1. The first kappa shape index (κ1) is 12.6. The molecule has 0 aromatic rings. The summed E-state index contributed by atoms with van der Waals surface area (Å²) in [6, 6.07) is 0.671. The van der Waals surface area contributed by atoms with Crippen LogP contribution in [0.4, 0.5) is 4.79 Å². The van der Waals surface area contributed by atoms with Gasteiger partial charge in [-0.15, -0.1) is 0 Å². The Hall–Kier alpha value is -0.810. The van der Waals surface area contributed by atoms with Gasteiger partial charge in [-0.2, -0.15) is 0 Å². The summed E-state index contributed by atoms with van der Waals surface area (Å²) in [5.41, 5.74) is 0. The van der Waals surface area contributed by atoms with Crippen LogP contribution in [0.25, 0.3) is 0 Å². The average molecular weight is 241 g/mol. The maximum atomic E-state index is 12.3. The first-order valence-electron chi connectivity index (χ1n) is 6.37. The predicted molar refractivity (Wildman–Crippen MR) is 66.0 cm³/mol. The number of hydrogen-bond acceptors (Lipinski definition) is 3. The fraction of sp³-hybridized carbons (Fsp3) is 0.917. The van der Waals surface area contributed by atoms with Gasteiger partial charge >= 0.3 is 6.03 Å². The van der Waals surface area contributed by atoms with Crippen LogP contribution in [0.5, 0.6) is 0 Å². The van der Waals surface area contributed by atoms with E-state index in [2.05, 4.69) is 25.9 Å². The molecular formula is C12H23N3O2. The Morgan fingerprint density at radius 1 is 1.18 bits per heavy atom. The maximum absolute atomic E-state index is 12.3. The maximum Gasteiger partial charge on any atom is 0.320 e. The molecule has 2 amide bonds. The van der Waals surface area contributed by atoms with Gasteiger partial charge in [-0.25, -0.2) is 4.79 Å². The van der Waals surface area contributed by atoms with E-state index in [0.29, 0.717) is 25.2 Å². The number of carbonyl (C=O) groups is 1. The summed E-state index contributed by atoms with van der Waals surface area (Å²) in [7, 11) is 4.17. The third-order valence-electron chi connectivity index (χ3n) is 3.79. The summed E-state index contributed by atoms with van der Waals surface area (Å²) >= 11 is 0. The van der Waals surface area contributed by atoms with E-state index >= 15 is 0 Å². The van der Waals surface area contributed by atoms with Crippen LogP contribution < -0.4 is 0 Å². The highest BCUT2D eigenvalue weighted by Crippen LogP contribution is 2.21. The average Bonchev–Trinajstić information content (AvgIpc) is 2.71. The summed E-state index contributed by atoms with van der Waals surface area (Å²) in [5.74, 6) is 0.551. The van der Waals surface area contributed by atoms with Crippen LogP contribution in [0.1, 0.15) is 6.92 Å². The quantitative estimate of drug-likeness (QED) is 0.663. The van der Waals surface area contributed by atoms with Gasteiger partial charge in [0.15, 0.2) is 0 Å². The molecule has 0 radical (unpaired) electrons. The topological polar surface area (TPSA) is 36.0 Å². The lowest BCUT2D eigenvalue weighted by Crippen LogP contribution is -2.48. The number of nitrogens with zero attached hydrogens (tertiary/aromatic N) is 3. The third-order valence-corrected chi connectivity index (χ3v) is 3.79. The van der Waals surface area contributed by atoms with Crippen molar-refractivity contribution in [3.63, 3.8) is 0 Å². The molecule has 0 aromatic heterocycles. The number of hydrogen-bond donors (Lipinski definition) is 0. The van der Waals surface area contributed by atoms with Crippen LogP contribution in [0, 0.1) is 5.92 Å². The Bertz CT molecular complexity index is 277. The smallest absolute Gasteiger partial charge is 0.320 e. The minimum atomic E-state index is 0.185. The highest BCUT2D eigenvalue weighted by Gasteiger charge is 2.35. The Morgan fingerprint density at radius 3 is 2.35 bits per heavy atom. The van der Waals surface area contributed by atoms with E-state index < -0.39 is 0 Å². The number of likely N-dealkylation sites (tertiary alicyclic amines) is 1. The Balaban J connectivity index is 1.92. The van der Waals surface area contributed by atoms with Crippen LogP contribution in [-0.4, -0.2) is 80.3 Å². The summed E-state index contributed by atoms with van der Waals surface area (Å²) in [4.78, 5) is 18.4. The van der Waals surface area contributed by atoms with E-state index in [1.807, 2.05) is 9.80 Å².